The van der Waals surface area contributed by atoms with Gasteiger partial charge in [-0.1, -0.05) is 40.2 Å². The molecule has 2 aliphatic rings. The fourth-order valence-corrected chi connectivity index (χ4v) is 6.32. The van der Waals surface area contributed by atoms with Crippen LogP contribution in [0.25, 0.3) is 0 Å². The summed E-state index contributed by atoms with van der Waals surface area (Å²) in [7, 11) is 1.44. The Labute approximate surface area is 189 Å². The molecule has 0 aromatic heterocycles. The molecule has 0 aromatic rings. The van der Waals surface area contributed by atoms with Gasteiger partial charge in [-0.2, -0.15) is 0 Å². The highest BCUT2D eigenvalue weighted by molar-refractivity contribution is 5.87. The summed E-state index contributed by atoms with van der Waals surface area (Å²) < 4.78 is 10.9. The minimum absolute atomic E-state index is 0.00207. The van der Waals surface area contributed by atoms with Gasteiger partial charge in [-0.25, -0.2) is 4.79 Å². The van der Waals surface area contributed by atoms with Crippen LogP contribution in [0, 0.1) is 28.6 Å². The van der Waals surface area contributed by atoms with Crippen molar-refractivity contribution in [3.63, 3.8) is 0 Å². The minimum Gasteiger partial charge on any atom is -0.469 e. The van der Waals surface area contributed by atoms with Gasteiger partial charge in [0.15, 0.2) is 0 Å². The predicted molar refractivity (Wildman–Crippen MR) is 122 cm³/mol. The molecule has 1 N–H and O–H groups in total. The number of hydrogen-bond acceptors (Lipinski definition) is 5. The van der Waals surface area contributed by atoms with Crippen molar-refractivity contribution in [1.29, 1.82) is 0 Å². The Balaban J connectivity index is 2.34. The Morgan fingerprint density at radius 2 is 1.90 bits per heavy atom. The Morgan fingerprint density at radius 3 is 2.48 bits per heavy atom. The van der Waals surface area contributed by atoms with Crippen molar-refractivity contribution in [3.8, 4) is 0 Å². The lowest BCUT2D eigenvalue weighted by atomic mass is 9.42. The number of carbonyl (C=O) groups excluding carboxylic acids is 2. The zero-order valence-corrected chi connectivity index (χ0v) is 20.9. The summed E-state index contributed by atoms with van der Waals surface area (Å²) in [5.74, 6) is 0.386. The molecule has 0 heterocycles. The van der Waals surface area contributed by atoms with Crippen LogP contribution in [0.4, 0.5) is 0 Å². The van der Waals surface area contributed by atoms with E-state index in [9.17, 15) is 14.7 Å². The number of aliphatic hydroxyl groups is 1. The van der Waals surface area contributed by atoms with Gasteiger partial charge in [0.05, 0.1) is 12.7 Å². The summed E-state index contributed by atoms with van der Waals surface area (Å²) in [4.78, 5) is 24.4. The fourth-order valence-electron chi connectivity index (χ4n) is 6.32. The van der Waals surface area contributed by atoms with E-state index in [1.54, 1.807) is 13.0 Å². The number of methoxy groups -OCH3 is 1. The topological polar surface area (TPSA) is 72.8 Å². The summed E-state index contributed by atoms with van der Waals surface area (Å²) in [6.07, 6.45) is 7.28. The highest BCUT2D eigenvalue weighted by Gasteiger charge is 2.65. The van der Waals surface area contributed by atoms with Gasteiger partial charge in [0.25, 0.3) is 0 Å². The third kappa shape index (κ3) is 4.86. The Bertz CT molecular complexity index is 696. The molecule has 5 heteroatoms. The first-order valence-corrected chi connectivity index (χ1v) is 12.0. The maximum atomic E-state index is 12.7. The molecule has 2 saturated carbocycles. The van der Waals surface area contributed by atoms with Crippen LogP contribution in [0.2, 0.25) is 0 Å². The highest BCUT2D eigenvalue weighted by atomic mass is 16.5. The van der Waals surface area contributed by atoms with Gasteiger partial charge < -0.3 is 14.6 Å². The molecule has 2 rings (SSSR count). The molecule has 0 spiro atoms. The average Bonchev–Trinajstić information content (AvgIpc) is 2.71. The van der Waals surface area contributed by atoms with Crippen molar-refractivity contribution in [2.24, 2.45) is 28.6 Å². The summed E-state index contributed by atoms with van der Waals surface area (Å²) in [5.41, 5.74) is -0.804. The van der Waals surface area contributed by atoms with Crippen LogP contribution in [0.3, 0.4) is 0 Å². The largest absolute Gasteiger partial charge is 0.469 e. The lowest BCUT2D eigenvalue weighted by molar-refractivity contribution is -0.247. The van der Waals surface area contributed by atoms with Crippen molar-refractivity contribution >= 4 is 11.9 Å². The molecule has 31 heavy (non-hydrogen) atoms. The molecule has 0 aliphatic heterocycles. The first-order valence-electron chi connectivity index (χ1n) is 12.0. The molecule has 2 fully saturated rings. The second-order valence-corrected chi connectivity index (χ2v) is 10.9. The van der Waals surface area contributed by atoms with E-state index in [0.29, 0.717) is 17.9 Å². The van der Waals surface area contributed by atoms with Gasteiger partial charge in [0, 0.05) is 17.4 Å². The molecule has 0 radical (unpaired) electrons. The molecule has 178 valence electrons. The number of allylic oxidation sites excluding steroid dienone is 1. The second kappa shape index (κ2) is 9.64. The number of rotatable bonds is 7. The lowest BCUT2D eigenvalue weighted by Gasteiger charge is -2.65. The SMILES string of the molecule is C/C=C(/C)C(=O)O[C@H]1C[C@@H](C)[C@](C)(CC[C@@H](C)CC(=O)OC)[C@H]2CCC[C@@](C)(O)[C@]12C. The number of ether oxygens (including phenoxy) is 2. The van der Waals surface area contributed by atoms with E-state index < -0.39 is 11.0 Å². The highest BCUT2D eigenvalue weighted by Crippen LogP contribution is 2.65. The van der Waals surface area contributed by atoms with E-state index >= 15 is 0 Å². The van der Waals surface area contributed by atoms with Gasteiger partial charge in [-0.05, 0) is 76.0 Å². The maximum absolute atomic E-state index is 12.7. The van der Waals surface area contributed by atoms with Gasteiger partial charge in [0.1, 0.15) is 6.10 Å². The van der Waals surface area contributed by atoms with E-state index in [2.05, 4.69) is 27.7 Å². The summed E-state index contributed by atoms with van der Waals surface area (Å²) >= 11 is 0. The monoisotopic (exact) mass is 436 g/mol. The first-order chi connectivity index (χ1) is 14.3. The van der Waals surface area contributed by atoms with Crippen LogP contribution < -0.4 is 0 Å². The zero-order valence-electron chi connectivity index (χ0n) is 20.9. The number of hydrogen-bond donors (Lipinski definition) is 1. The normalized spacial score (nSPS) is 39.4. The third-order valence-corrected chi connectivity index (χ3v) is 9.12. The smallest absolute Gasteiger partial charge is 0.333 e. The molecule has 2 aliphatic carbocycles. The number of carbonyl (C=O) groups is 2. The van der Waals surface area contributed by atoms with Gasteiger partial charge in [-0.15, -0.1) is 0 Å². The van der Waals surface area contributed by atoms with Crippen LogP contribution in [0.5, 0.6) is 0 Å². The van der Waals surface area contributed by atoms with E-state index in [1.807, 2.05) is 13.8 Å². The fraction of sp³-hybridized carbons (Fsp3) is 0.846. The Hall–Kier alpha value is -1.36. The molecular weight excluding hydrogens is 392 g/mol. The van der Waals surface area contributed by atoms with Crippen LogP contribution in [0.15, 0.2) is 11.6 Å². The average molecular weight is 437 g/mol. The van der Waals surface area contributed by atoms with Crippen molar-refractivity contribution in [2.75, 3.05) is 7.11 Å². The molecule has 0 unspecified atom stereocenters. The quantitative estimate of drug-likeness (QED) is 0.424. The first kappa shape index (κ1) is 25.9. The van der Waals surface area contributed by atoms with Crippen LogP contribution in [-0.2, 0) is 19.1 Å². The van der Waals surface area contributed by atoms with Crippen LogP contribution in [0.1, 0.15) is 93.4 Å². The molecule has 5 nitrogen and oxygen atoms in total. The number of esters is 2. The Kier molecular flexibility index (Phi) is 8.05. The molecule has 0 bridgehead atoms. The van der Waals surface area contributed by atoms with E-state index in [-0.39, 0.29) is 35.3 Å². The summed E-state index contributed by atoms with van der Waals surface area (Å²) in [5, 5.41) is 11.6. The molecule has 0 aromatic carbocycles. The van der Waals surface area contributed by atoms with Crippen molar-refractivity contribution in [1.82, 2.24) is 0 Å². The summed E-state index contributed by atoms with van der Waals surface area (Å²) in [6, 6.07) is 0. The van der Waals surface area contributed by atoms with Gasteiger partial charge in [0.2, 0.25) is 0 Å². The maximum Gasteiger partial charge on any atom is 0.333 e. The molecule has 0 saturated heterocycles. The second-order valence-electron chi connectivity index (χ2n) is 10.9. The van der Waals surface area contributed by atoms with Crippen molar-refractivity contribution in [2.45, 2.75) is 105 Å². The standard InChI is InChI=1S/C26H44O5/c1-9-18(3)23(28)31-21-16-19(4)24(5,14-12-17(2)15-22(27)30-8)20-11-10-13-25(6,29)26(20,21)7/h9,17,19-21,29H,10-16H2,1-8H3/b18-9-/t17-,19-,20-,21+,24+,25-,26+/m1/s1. The van der Waals surface area contributed by atoms with Crippen molar-refractivity contribution in [3.05, 3.63) is 11.6 Å². The van der Waals surface area contributed by atoms with E-state index in [1.165, 1.54) is 7.11 Å². The zero-order chi connectivity index (χ0) is 23.6. The van der Waals surface area contributed by atoms with Gasteiger partial charge >= 0.3 is 11.9 Å². The number of fused-ring (bicyclic) bond motifs is 1. The minimum atomic E-state index is -0.899. The van der Waals surface area contributed by atoms with E-state index in [0.717, 1.165) is 38.5 Å². The van der Waals surface area contributed by atoms with Crippen LogP contribution in [-0.4, -0.2) is 35.9 Å². The summed E-state index contributed by atoms with van der Waals surface area (Å²) in [6.45, 7) is 14.4. The molecule has 0 amide bonds. The lowest BCUT2D eigenvalue weighted by Crippen LogP contribution is -2.66. The van der Waals surface area contributed by atoms with E-state index in [4.69, 9.17) is 9.47 Å². The Morgan fingerprint density at radius 1 is 1.26 bits per heavy atom. The third-order valence-electron chi connectivity index (χ3n) is 9.12. The molecule has 7 atom stereocenters. The van der Waals surface area contributed by atoms with Gasteiger partial charge in [-0.3, -0.25) is 4.79 Å². The van der Waals surface area contributed by atoms with Crippen LogP contribution >= 0.6 is 0 Å². The van der Waals surface area contributed by atoms with Crippen molar-refractivity contribution < 1.29 is 24.2 Å². The predicted octanol–water partition coefficient (Wildman–Crippen LogP) is 5.45. The molecular formula is C26H44O5.